The van der Waals surface area contributed by atoms with E-state index in [2.05, 4.69) is 10.7 Å². The number of anilines is 2. The second kappa shape index (κ2) is 5.59. The van der Waals surface area contributed by atoms with Crippen molar-refractivity contribution in [3.8, 4) is 5.75 Å². The third kappa shape index (κ3) is 4.14. The van der Waals surface area contributed by atoms with Crippen molar-refractivity contribution in [3.05, 3.63) is 18.2 Å². The zero-order valence-electron chi connectivity index (χ0n) is 11.0. The van der Waals surface area contributed by atoms with Crippen LogP contribution in [0.4, 0.5) is 16.2 Å². The fourth-order valence-electron chi connectivity index (χ4n) is 1.29. The van der Waals surface area contributed by atoms with Crippen LogP contribution >= 0.6 is 0 Å². The molecule has 100 valence electrons. The summed E-state index contributed by atoms with van der Waals surface area (Å²) in [5, 5.41) is 2.61. The van der Waals surface area contributed by atoms with Gasteiger partial charge in [0.05, 0.1) is 18.5 Å². The highest BCUT2D eigenvalue weighted by molar-refractivity contribution is 5.90. The Kier molecular flexibility index (Phi) is 4.38. The van der Waals surface area contributed by atoms with Crippen LogP contribution in [0.3, 0.4) is 0 Å². The molecule has 0 aliphatic rings. The Hall–Kier alpha value is -1.95. The van der Waals surface area contributed by atoms with Crippen molar-refractivity contribution < 1.29 is 14.3 Å². The smallest absolute Gasteiger partial charge is 0.412 e. The van der Waals surface area contributed by atoms with E-state index in [1.807, 2.05) is 0 Å². The lowest BCUT2D eigenvalue weighted by molar-refractivity contribution is 0.0636. The van der Waals surface area contributed by atoms with E-state index in [0.717, 1.165) is 0 Å². The lowest BCUT2D eigenvalue weighted by atomic mass is 10.2. The molecule has 0 fully saturated rings. The van der Waals surface area contributed by atoms with Gasteiger partial charge in [-0.25, -0.2) is 4.79 Å². The van der Waals surface area contributed by atoms with Crippen LogP contribution in [0.5, 0.6) is 5.75 Å². The molecule has 0 spiro atoms. The number of ether oxygens (including phenoxy) is 2. The van der Waals surface area contributed by atoms with Gasteiger partial charge in [-0.2, -0.15) is 0 Å². The number of amides is 1. The highest BCUT2D eigenvalue weighted by Crippen LogP contribution is 2.26. The summed E-state index contributed by atoms with van der Waals surface area (Å²) in [6.45, 7) is 5.38. The van der Waals surface area contributed by atoms with Crippen LogP contribution in [-0.2, 0) is 4.74 Å². The highest BCUT2D eigenvalue weighted by Gasteiger charge is 2.17. The minimum absolute atomic E-state index is 0.492. The summed E-state index contributed by atoms with van der Waals surface area (Å²) in [7, 11) is 1.54. The van der Waals surface area contributed by atoms with E-state index in [-0.39, 0.29) is 0 Å². The molecular weight excluding hydrogens is 234 g/mol. The Morgan fingerprint density at radius 2 is 1.94 bits per heavy atom. The maximum atomic E-state index is 11.7. The van der Waals surface area contributed by atoms with Crippen LogP contribution in [0, 0.1) is 0 Å². The molecule has 6 nitrogen and oxygen atoms in total. The first-order chi connectivity index (χ1) is 8.35. The average molecular weight is 253 g/mol. The number of hydrogen-bond acceptors (Lipinski definition) is 5. The molecule has 0 aromatic heterocycles. The number of carbonyl (C=O) groups is 1. The first-order valence-corrected chi connectivity index (χ1v) is 5.50. The maximum Gasteiger partial charge on any atom is 0.412 e. The van der Waals surface area contributed by atoms with Crippen LogP contribution in [0.25, 0.3) is 0 Å². The third-order valence-corrected chi connectivity index (χ3v) is 2.02. The first-order valence-electron chi connectivity index (χ1n) is 5.50. The van der Waals surface area contributed by atoms with E-state index in [0.29, 0.717) is 17.1 Å². The zero-order chi connectivity index (χ0) is 13.8. The maximum absolute atomic E-state index is 11.7. The number of rotatable bonds is 3. The minimum Gasteiger partial charge on any atom is -0.497 e. The number of carbonyl (C=O) groups excluding carboxylic acids is 1. The Labute approximate surface area is 106 Å². The number of hydrazine groups is 1. The van der Waals surface area contributed by atoms with Gasteiger partial charge in [-0.1, -0.05) is 0 Å². The summed E-state index contributed by atoms with van der Waals surface area (Å²) >= 11 is 0. The molecule has 1 rings (SSSR count). The highest BCUT2D eigenvalue weighted by atomic mass is 16.6. The standard InChI is InChI=1S/C12H19N3O3/c1-12(2,3)18-11(16)14-10-7-8(17-4)5-6-9(10)15-13/h5-7,15H,13H2,1-4H3,(H,14,16). The summed E-state index contributed by atoms with van der Waals surface area (Å²) in [6.07, 6.45) is -0.549. The van der Waals surface area contributed by atoms with Gasteiger partial charge in [0.1, 0.15) is 11.4 Å². The van der Waals surface area contributed by atoms with E-state index in [4.69, 9.17) is 15.3 Å². The quantitative estimate of drug-likeness (QED) is 0.568. The molecule has 1 amide bonds. The van der Waals surface area contributed by atoms with Crippen molar-refractivity contribution in [1.29, 1.82) is 0 Å². The molecule has 0 aliphatic carbocycles. The molecule has 0 unspecified atom stereocenters. The summed E-state index contributed by atoms with van der Waals surface area (Å²) < 4.78 is 10.2. The normalized spacial score (nSPS) is 10.7. The van der Waals surface area contributed by atoms with Gasteiger partial charge in [0.2, 0.25) is 0 Å². The lowest BCUT2D eigenvalue weighted by Crippen LogP contribution is -2.27. The lowest BCUT2D eigenvalue weighted by Gasteiger charge is -2.20. The fourth-order valence-corrected chi connectivity index (χ4v) is 1.29. The molecule has 1 aromatic rings. The second-order valence-electron chi connectivity index (χ2n) is 4.68. The number of nitrogens with one attached hydrogen (secondary N) is 2. The molecular formula is C12H19N3O3. The monoisotopic (exact) mass is 253 g/mol. The minimum atomic E-state index is -0.556. The first kappa shape index (κ1) is 14.1. The van der Waals surface area contributed by atoms with Crippen molar-refractivity contribution in [1.82, 2.24) is 0 Å². The van der Waals surface area contributed by atoms with Gasteiger partial charge in [-0.3, -0.25) is 11.2 Å². The zero-order valence-corrected chi connectivity index (χ0v) is 11.0. The van der Waals surface area contributed by atoms with Crippen molar-refractivity contribution >= 4 is 17.5 Å². The van der Waals surface area contributed by atoms with Gasteiger partial charge in [0.25, 0.3) is 0 Å². The molecule has 1 aromatic carbocycles. The van der Waals surface area contributed by atoms with Gasteiger partial charge in [0, 0.05) is 6.07 Å². The Morgan fingerprint density at radius 1 is 1.28 bits per heavy atom. The van der Waals surface area contributed by atoms with Gasteiger partial charge in [-0.05, 0) is 32.9 Å². The Morgan fingerprint density at radius 3 is 2.44 bits per heavy atom. The van der Waals surface area contributed by atoms with Crippen LogP contribution < -0.4 is 21.3 Å². The van der Waals surface area contributed by atoms with Crippen LogP contribution in [0.2, 0.25) is 0 Å². The van der Waals surface area contributed by atoms with Gasteiger partial charge in [-0.15, -0.1) is 0 Å². The number of methoxy groups -OCH3 is 1. The van der Waals surface area contributed by atoms with Crippen LogP contribution in [-0.4, -0.2) is 18.8 Å². The molecule has 18 heavy (non-hydrogen) atoms. The van der Waals surface area contributed by atoms with E-state index < -0.39 is 11.7 Å². The number of benzene rings is 1. The molecule has 0 atom stereocenters. The molecule has 0 radical (unpaired) electrons. The number of hydrogen-bond donors (Lipinski definition) is 3. The van der Waals surface area contributed by atoms with Crippen molar-refractivity contribution in [3.63, 3.8) is 0 Å². The summed E-state index contributed by atoms with van der Waals surface area (Å²) in [4.78, 5) is 11.7. The van der Waals surface area contributed by atoms with Crippen molar-refractivity contribution in [2.45, 2.75) is 26.4 Å². The van der Waals surface area contributed by atoms with E-state index in [9.17, 15) is 4.79 Å². The molecule has 6 heteroatoms. The predicted molar refractivity (Wildman–Crippen MR) is 70.7 cm³/mol. The van der Waals surface area contributed by atoms with E-state index in [1.54, 1.807) is 46.1 Å². The second-order valence-corrected chi connectivity index (χ2v) is 4.68. The van der Waals surface area contributed by atoms with Gasteiger partial charge < -0.3 is 14.9 Å². The van der Waals surface area contributed by atoms with E-state index in [1.165, 1.54) is 0 Å². The SMILES string of the molecule is COc1ccc(NN)c(NC(=O)OC(C)(C)C)c1. The molecule has 0 aliphatic heterocycles. The average Bonchev–Trinajstić information content (AvgIpc) is 2.26. The largest absolute Gasteiger partial charge is 0.497 e. The number of nitrogens with two attached hydrogens (primary N) is 1. The topological polar surface area (TPSA) is 85.6 Å². The van der Waals surface area contributed by atoms with Gasteiger partial charge in [0.15, 0.2) is 0 Å². The van der Waals surface area contributed by atoms with Crippen LogP contribution in [0.1, 0.15) is 20.8 Å². The third-order valence-electron chi connectivity index (χ3n) is 2.02. The number of nitrogen functional groups attached to an aromatic ring is 1. The van der Waals surface area contributed by atoms with E-state index >= 15 is 0 Å². The molecule has 0 heterocycles. The predicted octanol–water partition coefficient (Wildman–Crippen LogP) is 2.33. The van der Waals surface area contributed by atoms with Crippen molar-refractivity contribution in [2.24, 2.45) is 5.84 Å². The fraction of sp³-hybridized carbons (Fsp3) is 0.417. The molecule has 0 saturated carbocycles. The van der Waals surface area contributed by atoms with Crippen LogP contribution in [0.15, 0.2) is 18.2 Å². The molecule has 0 bridgehead atoms. The molecule has 0 saturated heterocycles. The van der Waals surface area contributed by atoms with Gasteiger partial charge >= 0.3 is 6.09 Å². The summed E-state index contributed by atoms with van der Waals surface area (Å²) in [6, 6.07) is 5.08. The summed E-state index contributed by atoms with van der Waals surface area (Å²) in [5.41, 5.74) is 3.00. The summed E-state index contributed by atoms with van der Waals surface area (Å²) in [5.74, 6) is 5.97. The Bertz CT molecular complexity index is 427. The Balaban J connectivity index is 2.85. The van der Waals surface area contributed by atoms with Crippen molar-refractivity contribution in [2.75, 3.05) is 17.9 Å². The molecule has 4 N–H and O–H groups in total.